The molecule has 1 amide bonds. The lowest BCUT2D eigenvalue weighted by Crippen LogP contribution is -2.22. The van der Waals surface area contributed by atoms with Crippen LogP contribution in [0.5, 0.6) is 0 Å². The number of hydrogen-bond donors (Lipinski definition) is 1. The molecule has 4 rings (SSSR count). The van der Waals surface area contributed by atoms with Gasteiger partial charge in [0.1, 0.15) is 0 Å². The van der Waals surface area contributed by atoms with E-state index in [1.807, 2.05) is 86.6 Å². The van der Waals surface area contributed by atoms with Gasteiger partial charge >= 0.3 is 0 Å². The van der Waals surface area contributed by atoms with Crippen molar-refractivity contribution < 1.29 is 4.79 Å². The summed E-state index contributed by atoms with van der Waals surface area (Å²) in [5.41, 5.74) is 9.63. The van der Waals surface area contributed by atoms with E-state index in [9.17, 15) is 4.79 Å². The summed E-state index contributed by atoms with van der Waals surface area (Å²) in [4.78, 5) is 13.0. The van der Waals surface area contributed by atoms with Gasteiger partial charge in [0.25, 0.3) is 5.91 Å². The summed E-state index contributed by atoms with van der Waals surface area (Å²) in [6, 6.07) is 32.4. The van der Waals surface area contributed by atoms with E-state index in [-0.39, 0.29) is 5.91 Å². The highest BCUT2D eigenvalue weighted by atomic mass is 16.2. The lowest BCUT2D eigenvalue weighted by Gasteiger charge is -2.10. The van der Waals surface area contributed by atoms with Crippen LogP contribution >= 0.6 is 0 Å². The number of rotatable bonds is 7. The molecule has 1 N–H and O–H groups in total. The largest absolute Gasteiger partial charge is 0.318 e. The number of aryl methyl sites for hydroxylation is 1. The Bertz CT molecular complexity index is 1170. The fourth-order valence-electron chi connectivity index (χ4n) is 3.96. The molecule has 0 atom stereocenters. The molecular formula is C28H27N3O. The third kappa shape index (κ3) is 5.03. The minimum Gasteiger partial charge on any atom is -0.318 e. The van der Waals surface area contributed by atoms with Gasteiger partial charge in [-0.1, -0.05) is 78.9 Å². The molecule has 1 heterocycles. The number of nitrogens with one attached hydrogen (secondary N) is 1. The lowest BCUT2D eigenvalue weighted by molar-refractivity contribution is 0.0954. The Hall–Kier alpha value is -3.92. The molecule has 1 aromatic heterocycles. The maximum atomic E-state index is 13.0. The summed E-state index contributed by atoms with van der Waals surface area (Å²) in [7, 11) is 0. The summed E-state index contributed by atoms with van der Waals surface area (Å²) in [5.74, 6) is -0.195. The average molecular weight is 422 g/mol. The molecule has 0 saturated carbocycles. The molecule has 0 aliphatic heterocycles. The van der Waals surface area contributed by atoms with E-state index >= 15 is 0 Å². The average Bonchev–Trinajstić information content (AvgIpc) is 3.13. The monoisotopic (exact) mass is 421 g/mol. The van der Waals surface area contributed by atoms with Gasteiger partial charge in [0, 0.05) is 35.6 Å². The Labute approximate surface area is 189 Å². The Balaban J connectivity index is 1.57. The highest BCUT2D eigenvalue weighted by Gasteiger charge is 2.16. The van der Waals surface area contributed by atoms with Crippen LogP contribution in [0.15, 0.2) is 102 Å². The minimum atomic E-state index is -0.195. The quantitative estimate of drug-likeness (QED) is 0.303. The number of para-hydroxylation sites is 1. The maximum Gasteiger partial charge on any atom is 0.273 e. The van der Waals surface area contributed by atoms with Crippen LogP contribution in [-0.2, 0) is 12.8 Å². The van der Waals surface area contributed by atoms with Crippen molar-refractivity contribution in [3.05, 3.63) is 125 Å². The zero-order valence-electron chi connectivity index (χ0n) is 18.5. The number of nitrogens with zero attached hydrogens (tertiary/aromatic N) is 2. The van der Waals surface area contributed by atoms with Gasteiger partial charge in [0.05, 0.1) is 5.56 Å². The molecule has 4 nitrogen and oxygen atoms in total. The van der Waals surface area contributed by atoms with Gasteiger partial charge in [-0.25, -0.2) is 5.43 Å². The van der Waals surface area contributed by atoms with E-state index in [0.717, 1.165) is 22.8 Å². The Morgan fingerprint density at radius 2 is 1.28 bits per heavy atom. The lowest BCUT2D eigenvalue weighted by atomic mass is 10.0. The first-order valence-electron chi connectivity index (χ1n) is 10.8. The van der Waals surface area contributed by atoms with Crippen molar-refractivity contribution in [1.29, 1.82) is 0 Å². The van der Waals surface area contributed by atoms with Crippen molar-refractivity contribution in [1.82, 2.24) is 9.99 Å². The normalized spacial score (nSPS) is 10.6. The molecule has 0 saturated heterocycles. The summed E-state index contributed by atoms with van der Waals surface area (Å²) in [5, 5.41) is 4.55. The molecule has 0 unspecified atom stereocenters. The predicted octanol–water partition coefficient (Wildman–Crippen LogP) is 5.67. The topological polar surface area (TPSA) is 46.4 Å². The fraction of sp³-hybridized carbons (Fsp3) is 0.143. The summed E-state index contributed by atoms with van der Waals surface area (Å²) < 4.78 is 2.09. The van der Waals surface area contributed by atoms with Crippen LogP contribution in [0, 0.1) is 13.8 Å². The second-order valence-electron chi connectivity index (χ2n) is 7.90. The maximum absolute atomic E-state index is 13.0. The zero-order chi connectivity index (χ0) is 22.3. The van der Waals surface area contributed by atoms with Gasteiger partial charge in [0.2, 0.25) is 0 Å². The third-order valence-electron chi connectivity index (χ3n) is 5.51. The SMILES string of the molecule is Cc1cc(C(=O)NN=C(Cc2ccccc2)Cc2ccccc2)c(C)n1-c1ccccc1. The first-order valence-corrected chi connectivity index (χ1v) is 10.8. The highest BCUT2D eigenvalue weighted by molar-refractivity contribution is 5.97. The van der Waals surface area contributed by atoms with Crippen molar-refractivity contribution in [2.24, 2.45) is 5.10 Å². The number of carbonyl (C=O) groups is 1. The Morgan fingerprint density at radius 3 is 1.81 bits per heavy atom. The number of carbonyl (C=O) groups excluding carboxylic acids is 1. The number of hydrogen-bond acceptors (Lipinski definition) is 2. The Kier molecular flexibility index (Phi) is 6.61. The van der Waals surface area contributed by atoms with Gasteiger partial charge in [0.15, 0.2) is 0 Å². The molecule has 0 aliphatic carbocycles. The van der Waals surface area contributed by atoms with E-state index < -0.39 is 0 Å². The van der Waals surface area contributed by atoms with E-state index in [2.05, 4.69) is 39.4 Å². The standard InChI is InChI=1S/C28H27N3O/c1-21-18-27(22(2)31(21)26-16-10-5-11-17-26)28(32)30-29-25(19-23-12-6-3-7-13-23)20-24-14-8-4-9-15-24/h3-18H,19-20H2,1-2H3,(H,30,32). The second-order valence-corrected chi connectivity index (χ2v) is 7.90. The molecule has 4 aromatic rings. The van der Waals surface area contributed by atoms with Gasteiger partial charge < -0.3 is 4.57 Å². The van der Waals surface area contributed by atoms with Crippen molar-refractivity contribution in [2.45, 2.75) is 26.7 Å². The number of benzene rings is 3. The van der Waals surface area contributed by atoms with Gasteiger partial charge in [-0.15, -0.1) is 0 Å². The van der Waals surface area contributed by atoms with Crippen molar-refractivity contribution >= 4 is 11.6 Å². The van der Waals surface area contributed by atoms with Gasteiger partial charge in [-0.2, -0.15) is 5.10 Å². The van der Waals surface area contributed by atoms with Crippen LogP contribution in [0.25, 0.3) is 5.69 Å². The fourth-order valence-corrected chi connectivity index (χ4v) is 3.96. The molecule has 0 radical (unpaired) electrons. The van der Waals surface area contributed by atoms with Crippen LogP contribution in [0.1, 0.15) is 32.9 Å². The van der Waals surface area contributed by atoms with E-state index in [0.29, 0.717) is 18.4 Å². The number of amides is 1. The minimum absolute atomic E-state index is 0.195. The molecule has 0 aliphatic rings. The third-order valence-corrected chi connectivity index (χ3v) is 5.51. The first kappa shape index (κ1) is 21.3. The number of hydrazone groups is 1. The predicted molar refractivity (Wildman–Crippen MR) is 130 cm³/mol. The van der Waals surface area contributed by atoms with Crippen molar-refractivity contribution in [3.8, 4) is 5.69 Å². The summed E-state index contributed by atoms with van der Waals surface area (Å²) in [6.45, 7) is 3.98. The van der Waals surface area contributed by atoms with Crippen LogP contribution in [0.4, 0.5) is 0 Å². The van der Waals surface area contributed by atoms with E-state index in [1.165, 1.54) is 11.1 Å². The zero-order valence-corrected chi connectivity index (χ0v) is 18.5. The van der Waals surface area contributed by atoms with Crippen LogP contribution in [0.3, 0.4) is 0 Å². The van der Waals surface area contributed by atoms with Crippen molar-refractivity contribution in [3.63, 3.8) is 0 Å². The van der Waals surface area contributed by atoms with E-state index in [1.54, 1.807) is 0 Å². The van der Waals surface area contributed by atoms with Crippen molar-refractivity contribution in [2.75, 3.05) is 0 Å². The summed E-state index contributed by atoms with van der Waals surface area (Å²) in [6.07, 6.45) is 1.36. The molecule has 3 aromatic carbocycles. The second kappa shape index (κ2) is 9.92. The van der Waals surface area contributed by atoms with Crippen LogP contribution in [-0.4, -0.2) is 16.2 Å². The first-order chi connectivity index (χ1) is 15.6. The summed E-state index contributed by atoms with van der Waals surface area (Å²) >= 11 is 0. The van der Waals surface area contributed by atoms with Gasteiger partial charge in [-0.3, -0.25) is 4.79 Å². The van der Waals surface area contributed by atoms with Crippen LogP contribution in [0.2, 0.25) is 0 Å². The molecule has 32 heavy (non-hydrogen) atoms. The van der Waals surface area contributed by atoms with Crippen LogP contribution < -0.4 is 5.43 Å². The molecule has 0 spiro atoms. The molecule has 4 heteroatoms. The molecule has 0 bridgehead atoms. The Morgan fingerprint density at radius 1 is 0.781 bits per heavy atom. The molecule has 0 fully saturated rings. The number of aromatic nitrogens is 1. The molecule has 160 valence electrons. The molecular weight excluding hydrogens is 394 g/mol. The smallest absolute Gasteiger partial charge is 0.273 e. The highest BCUT2D eigenvalue weighted by Crippen LogP contribution is 2.20. The van der Waals surface area contributed by atoms with E-state index in [4.69, 9.17) is 0 Å². The van der Waals surface area contributed by atoms with Gasteiger partial charge in [-0.05, 0) is 43.2 Å².